The molecule has 1 aliphatic rings. The normalized spacial score (nSPS) is 19.6. The predicted molar refractivity (Wildman–Crippen MR) is 64.7 cm³/mol. The van der Waals surface area contributed by atoms with Crippen LogP contribution in [0.15, 0.2) is 24.3 Å². The number of nitrogens with one attached hydrogen (secondary N) is 1. The number of rotatable bonds is 4. The number of hydrogen-bond acceptors (Lipinski definition) is 4. The van der Waals surface area contributed by atoms with E-state index in [0.717, 1.165) is 18.7 Å². The van der Waals surface area contributed by atoms with Crippen LogP contribution in [0.25, 0.3) is 0 Å². The van der Waals surface area contributed by atoms with Crippen molar-refractivity contribution in [2.75, 3.05) is 19.7 Å². The molecule has 1 N–H and O–H groups in total. The quantitative estimate of drug-likeness (QED) is 0.863. The standard InChI is InChI=1S/C13H14F3NO3/c14-13(15,16)20-10-3-1-2-9(6-10)12(18)7-11-8-17-4-5-19-11/h1-3,6,11,17H,4-5,7-8H2. The molecular weight excluding hydrogens is 275 g/mol. The smallest absolute Gasteiger partial charge is 0.406 e. The number of halogens is 3. The molecule has 0 amide bonds. The molecule has 4 nitrogen and oxygen atoms in total. The van der Waals surface area contributed by atoms with Gasteiger partial charge in [-0.1, -0.05) is 12.1 Å². The molecule has 110 valence electrons. The second-order valence-corrected chi connectivity index (χ2v) is 4.40. The minimum Gasteiger partial charge on any atom is -0.406 e. The largest absolute Gasteiger partial charge is 0.573 e. The van der Waals surface area contributed by atoms with Crippen molar-refractivity contribution in [1.29, 1.82) is 0 Å². The topological polar surface area (TPSA) is 47.6 Å². The van der Waals surface area contributed by atoms with Crippen LogP contribution in [0.3, 0.4) is 0 Å². The van der Waals surface area contributed by atoms with Crippen LogP contribution in [0.2, 0.25) is 0 Å². The van der Waals surface area contributed by atoms with Gasteiger partial charge < -0.3 is 14.8 Å². The number of Topliss-reactive ketones (excluding diaryl/α,β-unsaturated/α-hetero) is 1. The SMILES string of the molecule is O=C(CC1CNCCO1)c1cccc(OC(F)(F)F)c1. The summed E-state index contributed by atoms with van der Waals surface area (Å²) in [7, 11) is 0. The maximum absolute atomic E-state index is 12.1. The summed E-state index contributed by atoms with van der Waals surface area (Å²) in [5.74, 6) is -0.669. The Labute approximate surface area is 113 Å². The van der Waals surface area contributed by atoms with Gasteiger partial charge in [-0.2, -0.15) is 0 Å². The van der Waals surface area contributed by atoms with Crippen molar-refractivity contribution in [2.24, 2.45) is 0 Å². The third-order valence-electron chi connectivity index (χ3n) is 2.81. The van der Waals surface area contributed by atoms with E-state index >= 15 is 0 Å². The zero-order valence-electron chi connectivity index (χ0n) is 10.6. The fraction of sp³-hybridized carbons (Fsp3) is 0.462. The Kier molecular flexibility index (Phi) is 4.61. The van der Waals surface area contributed by atoms with Gasteiger partial charge >= 0.3 is 6.36 Å². The molecule has 1 aromatic rings. The van der Waals surface area contributed by atoms with Gasteiger partial charge in [-0.05, 0) is 12.1 Å². The lowest BCUT2D eigenvalue weighted by Gasteiger charge is -2.23. The molecule has 1 fully saturated rings. The minimum absolute atomic E-state index is 0.127. The highest BCUT2D eigenvalue weighted by molar-refractivity contribution is 5.96. The van der Waals surface area contributed by atoms with Crippen molar-refractivity contribution in [2.45, 2.75) is 18.9 Å². The molecule has 2 rings (SSSR count). The van der Waals surface area contributed by atoms with Crippen molar-refractivity contribution >= 4 is 5.78 Å². The molecule has 0 saturated carbocycles. The van der Waals surface area contributed by atoms with E-state index in [1.165, 1.54) is 12.1 Å². The summed E-state index contributed by atoms with van der Waals surface area (Å²) in [5.41, 5.74) is 0.181. The van der Waals surface area contributed by atoms with Crippen molar-refractivity contribution in [1.82, 2.24) is 5.32 Å². The fourth-order valence-corrected chi connectivity index (χ4v) is 1.94. The van der Waals surface area contributed by atoms with Gasteiger partial charge in [0.1, 0.15) is 5.75 Å². The van der Waals surface area contributed by atoms with Gasteiger partial charge in [-0.3, -0.25) is 4.79 Å². The Balaban J connectivity index is 2.00. The Morgan fingerprint density at radius 1 is 1.45 bits per heavy atom. The first-order chi connectivity index (χ1) is 9.44. The number of hydrogen-bond donors (Lipinski definition) is 1. The van der Waals surface area contributed by atoms with Crippen molar-refractivity contribution in [3.63, 3.8) is 0 Å². The van der Waals surface area contributed by atoms with Crippen LogP contribution in [0, 0.1) is 0 Å². The van der Waals surface area contributed by atoms with E-state index in [2.05, 4.69) is 10.1 Å². The first-order valence-corrected chi connectivity index (χ1v) is 6.15. The van der Waals surface area contributed by atoms with Gasteiger partial charge in [-0.15, -0.1) is 13.2 Å². The molecular formula is C13H14F3NO3. The van der Waals surface area contributed by atoms with Crippen LogP contribution in [0.4, 0.5) is 13.2 Å². The molecule has 0 spiro atoms. The van der Waals surface area contributed by atoms with Crippen LogP contribution in [-0.4, -0.2) is 37.9 Å². The predicted octanol–water partition coefficient (Wildman–Crippen LogP) is 2.15. The Bertz CT molecular complexity index is 470. The van der Waals surface area contributed by atoms with Gasteiger partial charge in [0.2, 0.25) is 0 Å². The lowest BCUT2D eigenvalue weighted by Crippen LogP contribution is -2.39. The molecule has 7 heteroatoms. The van der Waals surface area contributed by atoms with Crippen LogP contribution >= 0.6 is 0 Å². The molecule has 1 atom stereocenters. The maximum Gasteiger partial charge on any atom is 0.573 e. The summed E-state index contributed by atoms with van der Waals surface area (Å²) >= 11 is 0. The van der Waals surface area contributed by atoms with Crippen LogP contribution in [0.5, 0.6) is 5.75 Å². The third kappa shape index (κ3) is 4.50. The number of benzene rings is 1. The first kappa shape index (κ1) is 14.8. The Morgan fingerprint density at radius 3 is 2.90 bits per heavy atom. The maximum atomic E-state index is 12.1. The average molecular weight is 289 g/mol. The highest BCUT2D eigenvalue weighted by Crippen LogP contribution is 2.24. The molecule has 1 aliphatic heterocycles. The molecule has 1 heterocycles. The van der Waals surface area contributed by atoms with Gasteiger partial charge in [-0.25, -0.2) is 0 Å². The molecule has 0 bridgehead atoms. The number of morpholine rings is 1. The number of carbonyl (C=O) groups is 1. The van der Waals surface area contributed by atoms with Gasteiger partial charge in [0, 0.05) is 25.1 Å². The summed E-state index contributed by atoms with van der Waals surface area (Å²) in [6.45, 7) is 1.82. The summed E-state index contributed by atoms with van der Waals surface area (Å²) in [6.07, 6.45) is -4.89. The molecule has 1 unspecified atom stereocenters. The second-order valence-electron chi connectivity index (χ2n) is 4.40. The van der Waals surface area contributed by atoms with Gasteiger partial charge in [0.15, 0.2) is 5.78 Å². The van der Waals surface area contributed by atoms with E-state index < -0.39 is 12.1 Å². The molecule has 1 aromatic carbocycles. The van der Waals surface area contributed by atoms with Crippen LogP contribution in [-0.2, 0) is 4.74 Å². The number of alkyl halides is 3. The average Bonchev–Trinajstić information content (AvgIpc) is 2.38. The van der Waals surface area contributed by atoms with E-state index in [1.807, 2.05) is 0 Å². The summed E-state index contributed by atoms with van der Waals surface area (Å²) in [4.78, 5) is 12.0. The van der Waals surface area contributed by atoms with E-state index in [9.17, 15) is 18.0 Å². The molecule has 1 saturated heterocycles. The highest BCUT2D eigenvalue weighted by Gasteiger charge is 2.31. The Morgan fingerprint density at radius 2 is 2.25 bits per heavy atom. The number of carbonyl (C=O) groups excluding carboxylic acids is 1. The zero-order chi connectivity index (χ0) is 14.6. The summed E-state index contributed by atoms with van der Waals surface area (Å²) in [5, 5.41) is 3.08. The molecule has 0 aromatic heterocycles. The van der Waals surface area contributed by atoms with Crippen molar-refractivity contribution < 1.29 is 27.4 Å². The summed E-state index contributed by atoms with van der Waals surface area (Å²) in [6, 6.07) is 5.06. The van der Waals surface area contributed by atoms with E-state index in [-0.39, 0.29) is 23.9 Å². The van der Waals surface area contributed by atoms with Gasteiger partial charge in [0.25, 0.3) is 0 Å². The monoisotopic (exact) mass is 289 g/mol. The second kappa shape index (κ2) is 6.23. The molecule has 20 heavy (non-hydrogen) atoms. The molecule has 0 radical (unpaired) electrons. The van der Waals surface area contributed by atoms with Crippen molar-refractivity contribution in [3.8, 4) is 5.75 Å². The Hall–Kier alpha value is -1.60. The fourth-order valence-electron chi connectivity index (χ4n) is 1.94. The molecule has 0 aliphatic carbocycles. The zero-order valence-corrected chi connectivity index (χ0v) is 10.6. The van der Waals surface area contributed by atoms with E-state index in [1.54, 1.807) is 0 Å². The van der Waals surface area contributed by atoms with Crippen molar-refractivity contribution in [3.05, 3.63) is 29.8 Å². The highest BCUT2D eigenvalue weighted by atomic mass is 19.4. The lowest BCUT2D eigenvalue weighted by molar-refractivity contribution is -0.274. The summed E-state index contributed by atoms with van der Waals surface area (Å²) < 4.78 is 45.5. The van der Waals surface area contributed by atoms with Gasteiger partial charge in [0.05, 0.1) is 12.7 Å². The minimum atomic E-state index is -4.77. The van der Waals surface area contributed by atoms with Crippen LogP contribution in [0.1, 0.15) is 16.8 Å². The number of ketones is 1. The number of ether oxygens (including phenoxy) is 2. The third-order valence-corrected chi connectivity index (χ3v) is 2.81. The van der Waals surface area contributed by atoms with E-state index in [4.69, 9.17) is 4.74 Å². The van der Waals surface area contributed by atoms with Crippen LogP contribution < -0.4 is 10.1 Å². The lowest BCUT2D eigenvalue weighted by atomic mass is 10.0. The van der Waals surface area contributed by atoms with E-state index in [0.29, 0.717) is 13.2 Å². The first-order valence-electron chi connectivity index (χ1n) is 6.15.